The average Bonchev–Trinajstić information content (AvgIpc) is 2.86. The molecule has 180 valence electrons. The van der Waals surface area contributed by atoms with Gasteiger partial charge in [-0.1, -0.05) is 36.4 Å². The lowest BCUT2D eigenvalue weighted by atomic mass is 10.1. The molecule has 3 heterocycles. The SMILES string of the molecule is O=C(NCc1ccc(F)cc1F)c1cn2c(c(OCc3ccccc3)c1=O)C(=O)N1COCC2C1. The zero-order valence-corrected chi connectivity index (χ0v) is 18.5. The highest BCUT2D eigenvalue weighted by molar-refractivity contribution is 5.99. The standard InChI is InChI=1S/C25H21F2N3O5/c26-17-7-6-16(20(27)8-17)9-28-24(32)19-11-30-18-10-29(14-34-13-18)25(33)21(30)23(22(19)31)35-12-15-4-2-1-3-5-15/h1-8,11,18H,9-10,12-14H2,(H,28,32). The summed E-state index contributed by atoms with van der Waals surface area (Å²) in [5.41, 5.74) is -0.110. The molecule has 1 unspecified atom stereocenters. The molecule has 3 aromatic rings. The fourth-order valence-corrected chi connectivity index (χ4v) is 4.18. The van der Waals surface area contributed by atoms with E-state index in [1.54, 1.807) is 4.57 Å². The third-order valence-electron chi connectivity index (χ3n) is 5.99. The van der Waals surface area contributed by atoms with Crippen molar-refractivity contribution in [3.05, 3.63) is 99.0 Å². The van der Waals surface area contributed by atoms with E-state index >= 15 is 0 Å². The zero-order valence-electron chi connectivity index (χ0n) is 18.5. The molecule has 10 heteroatoms. The number of aromatic nitrogens is 1. The van der Waals surface area contributed by atoms with Crippen molar-refractivity contribution < 1.29 is 27.8 Å². The number of ether oxygens (including phenoxy) is 2. The summed E-state index contributed by atoms with van der Waals surface area (Å²) in [6.07, 6.45) is 1.32. The largest absolute Gasteiger partial charge is 0.483 e. The maximum Gasteiger partial charge on any atom is 0.276 e. The molecule has 0 aliphatic carbocycles. The monoisotopic (exact) mass is 481 g/mol. The van der Waals surface area contributed by atoms with Crippen molar-refractivity contribution in [2.45, 2.75) is 19.2 Å². The Morgan fingerprint density at radius 1 is 1.14 bits per heavy atom. The Balaban J connectivity index is 1.50. The molecule has 2 bridgehead atoms. The molecular formula is C25H21F2N3O5. The Bertz CT molecular complexity index is 1360. The van der Waals surface area contributed by atoms with Gasteiger partial charge in [0, 0.05) is 30.9 Å². The number of nitrogens with one attached hydrogen (secondary N) is 1. The number of amides is 2. The number of pyridine rings is 1. The molecule has 2 aromatic carbocycles. The number of hydrogen-bond donors (Lipinski definition) is 1. The molecule has 2 aliphatic rings. The van der Waals surface area contributed by atoms with Crippen LogP contribution in [0.5, 0.6) is 5.75 Å². The van der Waals surface area contributed by atoms with Gasteiger partial charge < -0.3 is 24.3 Å². The maximum absolute atomic E-state index is 14.0. The number of hydrogen-bond acceptors (Lipinski definition) is 5. The summed E-state index contributed by atoms with van der Waals surface area (Å²) in [5, 5.41) is 2.49. The number of rotatable bonds is 6. The van der Waals surface area contributed by atoms with Crippen LogP contribution in [0.3, 0.4) is 0 Å². The van der Waals surface area contributed by atoms with Gasteiger partial charge in [0.05, 0.1) is 12.6 Å². The minimum atomic E-state index is -0.815. The maximum atomic E-state index is 14.0. The third kappa shape index (κ3) is 4.40. The summed E-state index contributed by atoms with van der Waals surface area (Å²) in [6.45, 7) is 0.524. The van der Waals surface area contributed by atoms with E-state index in [0.29, 0.717) is 19.2 Å². The number of nitrogens with zero attached hydrogens (tertiary/aromatic N) is 2. The number of carbonyl (C=O) groups excluding carboxylic acids is 2. The minimum Gasteiger partial charge on any atom is -0.483 e. The molecule has 5 rings (SSSR count). The molecule has 8 nitrogen and oxygen atoms in total. The number of carbonyl (C=O) groups is 2. The Kier molecular flexibility index (Phi) is 6.04. The van der Waals surface area contributed by atoms with Crippen LogP contribution in [-0.4, -0.2) is 41.2 Å². The summed E-state index contributed by atoms with van der Waals surface area (Å²) in [5.74, 6) is -2.98. The molecule has 1 aromatic heterocycles. The van der Waals surface area contributed by atoms with Crippen LogP contribution in [0.15, 0.2) is 59.5 Å². The van der Waals surface area contributed by atoms with Crippen LogP contribution in [0.2, 0.25) is 0 Å². The van der Waals surface area contributed by atoms with Crippen molar-refractivity contribution in [2.75, 3.05) is 19.9 Å². The van der Waals surface area contributed by atoms with Crippen molar-refractivity contribution in [1.82, 2.24) is 14.8 Å². The predicted molar refractivity (Wildman–Crippen MR) is 120 cm³/mol. The molecule has 2 aliphatic heterocycles. The lowest BCUT2D eigenvalue weighted by Crippen LogP contribution is -2.51. The average molecular weight is 481 g/mol. The van der Waals surface area contributed by atoms with Gasteiger partial charge in [0.1, 0.15) is 30.5 Å². The Morgan fingerprint density at radius 3 is 2.71 bits per heavy atom. The smallest absolute Gasteiger partial charge is 0.276 e. The van der Waals surface area contributed by atoms with Crippen molar-refractivity contribution in [3.8, 4) is 5.75 Å². The lowest BCUT2D eigenvalue weighted by Gasteiger charge is -2.40. The Hall–Kier alpha value is -4.05. The first kappa shape index (κ1) is 22.7. The zero-order chi connectivity index (χ0) is 24.5. The van der Waals surface area contributed by atoms with Crippen LogP contribution >= 0.6 is 0 Å². The van der Waals surface area contributed by atoms with Crippen molar-refractivity contribution in [1.29, 1.82) is 0 Å². The van der Waals surface area contributed by atoms with E-state index in [2.05, 4.69) is 5.32 Å². The molecule has 0 radical (unpaired) electrons. The number of fused-ring (bicyclic) bond motifs is 4. The highest BCUT2D eigenvalue weighted by atomic mass is 19.1. The quantitative estimate of drug-likeness (QED) is 0.585. The summed E-state index contributed by atoms with van der Waals surface area (Å²) in [7, 11) is 0. The van der Waals surface area contributed by atoms with Gasteiger partial charge >= 0.3 is 0 Å². The molecule has 2 amide bonds. The van der Waals surface area contributed by atoms with Gasteiger partial charge in [-0.05, 0) is 11.6 Å². The van der Waals surface area contributed by atoms with Gasteiger partial charge in [-0.15, -0.1) is 0 Å². The van der Waals surface area contributed by atoms with E-state index in [-0.39, 0.29) is 48.5 Å². The number of benzene rings is 2. The molecule has 1 saturated heterocycles. The van der Waals surface area contributed by atoms with Crippen molar-refractivity contribution in [2.24, 2.45) is 0 Å². The van der Waals surface area contributed by atoms with Gasteiger partial charge in [0.25, 0.3) is 11.8 Å². The molecule has 1 N–H and O–H groups in total. The first-order valence-corrected chi connectivity index (χ1v) is 11.0. The van der Waals surface area contributed by atoms with Gasteiger partial charge in [-0.25, -0.2) is 8.78 Å². The predicted octanol–water partition coefficient (Wildman–Crippen LogP) is 2.62. The first-order chi connectivity index (χ1) is 16.9. The molecule has 1 fully saturated rings. The van der Waals surface area contributed by atoms with Gasteiger partial charge in [-0.2, -0.15) is 0 Å². The van der Waals surface area contributed by atoms with Crippen LogP contribution in [0.4, 0.5) is 8.78 Å². The second-order valence-electron chi connectivity index (χ2n) is 8.33. The van der Waals surface area contributed by atoms with Gasteiger partial charge in [0.2, 0.25) is 5.43 Å². The highest BCUT2D eigenvalue weighted by Gasteiger charge is 2.38. The second-order valence-corrected chi connectivity index (χ2v) is 8.33. The minimum absolute atomic E-state index is 0.0173. The van der Waals surface area contributed by atoms with Gasteiger partial charge in [-0.3, -0.25) is 14.4 Å². The van der Waals surface area contributed by atoms with E-state index < -0.39 is 28.9 Å². The van der Waals surface area contributed by atoms with E-state index in [4.69, 9.17) is 9.47 Å². The van der Waals surface area contributed by atoms with Crippen molar-refractivity contribution in [3.63, 3.8) is 0 Å². The topological polar surface area (TPSA) is 89.9 Å². The summed E-state index contributed by atoms with van der Waals surface area (Å²) < 4.78 is 40.0. The molecule has 0 spiro atoms. The fourth-order valence-electron chi connectivity index (χ4n) is 4.18. The molecule has 1 atom stereocenters. The number of halogens is 2. The van der Waals surface area contributed by atoms with Gasteiger partial charge in [0.15, 0.2) is 11.4 Å². The summed E-state index contributed by atoms with van der Waals surface area (Å²) in [6, 6.07) is 11.8. The molecule has 35 heavy (non-hydrogen) atoms. The second kappa shape index (κ2) is 9.30. The Morgan fingerprint density at radius 2 is 1.94 bits per heavy atom. The highest BCUT2D eigenvalue weighted by Crippen LogP contribution is 2.30. The first-order valence-electron chi connectivity index (χ1n) is 11.0. The van der Waals surface area contributed by atoms with Crippen molar-refractivity contribution >= 4 is 11.8 Å². The summed E-state index contributed by atoms with van der Waals surface area (Å²) in [4.78, 5) is 40.9. The lowest BCUT2D eigenvalue weighted by molar-refractivity contribution is -0.0403. The molecular weight excluding hydrogens is 460 g/mol. The summed E-state index contributed by atoms with van der Waals surface area (Å²) >= 11 is 0. The fraction of sp³-hybridized carbons (Fsp3) is 0.240. The van der Waals surface area contributed by atoms with E-state index in [1.807, 2.05) is 30.3 Å². The van der Waals surface area contributed by atoms with E-state index in [1.165, 1.54) is 17.2 Å². The van der Waals surface area contributed by atoms with E-state index in [9.17, 15) is 23.2 Å². The van der Waals surface area contributed by atoms with Crippen LogP contribution < -0.4 is 15.5 Å². The Labute approximate surface area is 198 Å². The third-order valence-corrected chi connectivity index (χ3v) is 5.99. The van der Waals surface area contributed by atoms with Crippen LogP contribution in [-0.2, 0) is 17.9 Å². The normalized spacial score (nSPS) is 16.6. The molecule has 0 saturated carbocycles. The van der Waals surface area contributed by atoms with Crippen LogP contribution in [0.25, 0.3) is 0 Å². The van der Waals surface area contributed by atoms with E-state index in [0.717, 1.165) is 11.6 Å². The van der Waals surface area contributed by atoms with Crippen LogP contribution in [0.1, 0.15) is 38.0 Å². The van der Waals surface area contributed by atoms with Crippen LogP contribution in [0, 0.1) is 11.6 Å².